The van der Waals surface area contributed by atoms with Gasteiger partial charge in [-0.2, -0.15) is 0 Å². The third kappa shape index (κ3) is 3.58. The van der Waals surface area contributed by atoms with Gasteiger partial charge >= 0.3 is 0 Å². The zero-order chi connectivity index (χ0) is 15.4. The van der Waals surface area contributed by atoms with Crippen molar-refractivity contribution >= 4 is 21.6 Å². The Morgan fingerprint density at radius 1 is 1.05 bits per heavy atom. The van der Waals surface area contributed by atoms with E-state index < -0.39 is 10.8 Å². The maximum Gasteiger partial charge on any atom is 0.0533 e. The number of benzene rings is 2. The molecule has 2 nitrogen and oxygen atoms in total. The topological polar surface area (TPSA) is 37.3 Å². The molecule has 0 radical (unpaired) electrons. The summed E-state index contributed by atoms with van der Waals surface area (Å²) in [5, 5.41) is 12.0. The van der Waals surface area contributed by atoms with Crippen molar-refractivity contribution in [2.24, 2.45) is 11.8 Å². The van der Waals surface area contributed by atoms with E-state index in [9.17, 15) is 9.32 Å². The molecular formula is C19H24O2S. The van der Waals surface area contributed by atoms with Crippen LogP contribution in [0.25, 0.3) is 10.8 Å². The second kappa shape index (κ2) is 7.38. The summed E-state index contributed by atoms with van der Waals surface area (Å²) in [4.78, 5) is 0.882. The molecule has 118 valence electrons. The zero-order valence-corrected chi connectivity index (χ0v) is 13.7. The molecule has 0 heterocycles. The van der Waals surface area contributed by atoms with Crippen LogP contribution in [0, 0.1) is 11.8 Å². The van der Waals surface area contributed by atoms with E-state index in [0.29, 0.717) is 11.7 Å². The average Bonchev–Trinajstić information content (AvgIpc) is 2.59. The van der Waals surface area contributed by atoms with Crippen molar-refractivity contribution in [1.82, 2.24) is 0 Å². The zero-order valence-electron chi connectivity index (χ0n) is 12.9. The Balaban J connectivity index is 1.73. The minimum atomic E-state index is -1.03. The first-order chi connectivity index (χ1) is 10.8. The molecule has 22 heavy (non-hydrogen) atoms. The Hall–Kier alpha value is -1.19. The molecule has 0 spiro atoms. The van der Waals surface area contributed by atoms with Gasteiger partial charge < -0.3 is 5.11 Å². The molecule has 2 atom stereocenters. The lowest BCUT2D eigenvalue weighted by atomic mass is 9.81. The third-order valence-corrected chi connectivity index (χ3v) is 6.41. The van der Waals surface area contributed by atoms with E-state index in [2.05, 4.69) is 12.1 Å². The van der Waals surface area contributed by atoms with Crippen LogP contribution in [-0.2, 0) is 10.8 Å². The Morgan fingerprint density at radius 2 is 1.77 bits per heavy atom. The molecule has 0 aliphatic heterocycles. The summed E-state index contributed by atoms with van der Waals surface area (Å²) in [6.07, 6.45) is 6.18. The fourth-order valence-electron chi connectivity index (χ4n) is 3.54. The van der Waals surface area contributed by atoms with Crippen molar-refractivity contribution in [3.8, 4) is 0 Å². The van der Waals surface area contributed by atoms with E-state index in [1.54, 1.807) is 0 Å². The lowest BCUT2D eigenvalue weighted by Gasteiger charge is -2.28. The molecule has 3 heteroatoms. The Labute approximate surface area is 135 Å². The van der Waals surface area contributed by atoms with Crippen molar-refractivity contribution in [3.63, 3.8) is 0 Å². The first-order valence-electron chi connectivity index (χ1n) is 8.26. The standard InChI is InChI=1S/C19H24O2S/c20-13-18(15-6-2-1-3-7-15)14-22(21)19-11-10-16-8-4-5-9-17(16)12-19/h4-5,8-12,15,18,20H,1-3,6-7,13-14H2. The van der Waals surface area contributed by atoms with Gasteiger partial charge in [0.25, 0.3) is 0 Å². The summed E-state index contributed by atoms with van der Waals surface area (Å²) in [6.45, 7) is 0.157. The quantitative estimate of drug-likeness (QED) is 0.900. The van der Waals surface area contributed by atoms with Crippen LogP contribution in [0.3, 0.4) is 0 Å². The number of aliphatic hydroxyl groups excluding tert-OH is 1. The van der Waals surface area contributed by atoms with Crippen molar-refractivity contribution < 1.29 is 9.32 Å². The minimum absolute atomic E-state index is 0.157. The van der Waals surface area contributed by atoms with Crippen LogP contribution in [-0.4, -0.2) is 21.7 Å². The van der Waals surface area contributed by atoms with Crippen LogP contribution in [0.5, 0.6) is 0 Å². The third-order valence-electron chi connectivity index (χ3n) is 4.90. The fraction of sp³-hybridized carbons (Fsp3) is 0.474. The molecule has 1 saturated carbocycles. The van der Waals surface area contributed by atoms with Crippen LogP contribution in [0.4, 0.5) is 0 Å². The number of fused-ring (bicyclic) bond motifs is 1. The van der Waals surface area contributed by atoms with Crippen molar-refractivity contribution in [2.75, 3.05) is 12.4 Å². The highest BCUT2D eigenvalue weighted by Gasteiger charge is 2.25. The summed E-state index contributed by atoms with van der Waals surface area (Å²) in [5.41, 5.74) is 0. The molecule has 0 saturated heterocycles. The molecule has 1 N–H and O–H groups in total. The molecule has 2 unspecified atom stereocenters. The average molecular weight is 316 g/mol. The van der Waals surface area contributed by atoms with Gasteiger partial charge in [0.1, 0.15) is 0 Å². The highest BCUT2D eigenvalue weighted by Crippen LogP contribution is 2.31. The van der Waals surface area contributed by atoms with E-state index in [-0.39, 0.29) is 12.5 Å². The van der Waals surface area contributed by atoms with Crippen LogP contribution in [0.1, 0.15) is 32.1 Å². The predicted octanol–water partition coefficient (Wildman–Crippen LogP) is 4.14. The highest BCUT2D eigenvalue weighted by atomic mass is 32.2. The summed E-state index contributed by atoms with van der Waals surface area (Å²) in [6, 6.07) is 14.2. The number of aliphatic hydroxyl groups is 1. The van der Waals surface area contributed by atoms with Gasteiger partial charge in [-0.3, -0.25) is 4.21 Å². The predicted molar refractivity (Wildman–Crippen MR) is 92.4 cm³/mol. The van der Waals surface area contributed by atoms with Gasteiger partial charge in [-0.05, 0) is 34.7 Å². The van der Waals surface area contributed by atoms with Gasteiger partial charge in [-0.15, -0.1) is 0 Å². The molecule has 3 rings (SSSR count). The van der Waals surface area contributed by atoms with E-state index >= 15 is 0 Å². The van der Waals surface area contributed by atoms with E-state index in [1.807, 2.05) is 30.3 Å². The van der Waals surface area contributed by atoms with Crippen molar-refractivity contribution in [3.05, 3.63) is 42.5 Å². The number of hydrogen-bond acceptors (Lipinski definition) is 2. The minimum Gasteiger partial charge on any atom is -0.396 e. The summed E-state index contributed by atoms with van der Waals surface area (Å²) >= 11 is 0. The molecule has 2 aromatic carbocycles. The first-order valence-corrected chi connectivity index (χ1v) is 9.58. The normalized spacial score (nSPS) is 19.1. The van der Waals surface area contributed by atoms with Crippen LogP contribution in [0.15, 0.2) is 47.4 Å². The van der Waals surface area contributed by atoms with Gasteiger partial charge in [0.05, 0.1) is 10.8 Å². The Kier molecular flexibility index (Phi) is 5.27. The molecule has 0 amide bonds. The van der Waals surface area contributed by atoms with Crippen LogP contribution in [0.2, 0.25) is 0 Å². The largest absolute Gasteiger partial charge is 0.396 e. The maximum absolute atomic E-state index is 12.7. The second-order valence-electron chi connectivity index (χ2n) is 6.36. The van der Waals surface area contributed by atoms with Gasteiger partial charge in [-0.25, -0.2) is 0 Å². The van der Waals surface area contributed by atoms with Crippen LogP contribution >= 0.6 is 0 Å². The summed E-state index contributed by atoms with van der Waals surface area (Å²) in [7, 11) is -1.03. The molecule has 0 aromatic heterocycles. The molecule has 1 aliphatic carbocycles. The fourth-order valence-corrected chi connectivity index (χ4v) is 4.98. The Bertz CT molecular complexity index is 647. The van der Waals surface area contributed by atoms with E-state index in [4.69, 9.17) is 0 Å². The lowest BCUT2D eigenvalue weighted by Crippen LogP contribution is -2.26. The Morgan fingerprint density at radius 3 is 2.50 bits per heavy atom. The summed E-state index contributed by atoms with van der Waals surface area (Å²) < 4.78 is 12.7. The maximum atomic E-state index is 12.7. The summed E-state index contributed by atoms with van der Waals surface area (Å²) in [5.74, 6) is 1.30. The number of hydrogen-bond donors (Lipinski definition) is 1. The highest BCUT2D eigenvalue weighted by molar-refractivity contribution is 7.85. The van der Waals surface area contributed by atoms with E-state index in [0.717, 1.165) is 10.3 Å². The first kappa shape index (κ1) is 15.7. The molecule has 2 aromatic rings. The van der Waals surface area contributed by atoms with Crippen LogP contribution < -0.4 is 0 Å². The second-order valence-corrected chi connectivity index (χ2v) is 7.86. The molecule has 1 fully saturated rings. The molecular weight excluding hydrogens is 292 g/mol. The number of rotatable bonds is 5. The lowest BCUT2D eigenvalue weighted by molar-refractivity contribution is 0.163. The van der Waals surface area contributed by atoms with Gasteiger partial charge in [0.2, 0.25) is 0 Å². The van der Waals surface area contributed by atoms with Gasteiger partial charge in [0, 0.05) is 17.3 Å². The van der Waals surface area contributed by atoms with E-state index in [1.165, 1.54) is 37.5 Å². The monoisotopic (exact) mass is 316 g/mol. The smallest absolute Gasteiger partial charge is 0.0533 e. The molecule has 0 bridgehead atoms. The molecule has 1 aliphatic rings. The van der Waals surface area contributed by atoms with Gasteiger partial charge in [0.15, 0.2) is 0 Å². The van der Waals surface area contributed by atoms with Gasteiger partial charge in [-0.1, -0.05) is 62.4 Å². The van der Waals surface area contributed by atoms with Crippen molar-refractivity contribution in [1.29, 1.82) is 0 Å². The van der Waals surface area contributed by atoms with Crippen molar-refractivity contribution in [2.45, 2.75) is 37.0 Å². The SMILES string of the molecule is O=S(CC(CO)C1CCCCC1)c1ccc2ccccc2c1.